The first-order valence-electron chi connectivity index (χ1n) is 15.3. The summed E-state index contributed by atoms with van der Waals surface area (Å²) in [6, 6.07) is 39.3. The van der Waals surface area contributed by atoms with Crippen LogP contribution in [0, 0.1) is 12.1 Å². The zero-order chi connectivity index (χ0) is 31.1. The molecule has 0 saturated carbocycles. The first kappa shape index (κ1) is 31.6. The van der Waals surface area contributed by atoms with Crippen molar-refractivity contribution in [1.29, 1.82) is 0 Å². The Morgan fingerprint density at radius 2 is 1.43 bits per heavy atom. The first-order chi connectivity index (χ1) is 21.8. The molecule has 0 atom stereocenters. The van der Waals surface area contributed by atoms with Crippen LogP contribution in [-0.2, 0) is 20.1 Å². The number of hydrogen-bond acceptors (Lipinski definition) is 4. The molecule has 1 radical (unpaired) electrons. The van der Waals surface area contributed by atoms with E-state index in [4.69, 9.17) is 8.83 Å². The predicted molar refractivity (Wildman–Crippen MR) is 189 cm³/mol. The van der Waals surface area contributed by atoms with Crippen molar-refractivity contribution in [3.63, 3.8) is 0 Å². The molecule has 4 aromatic carbocycles. The SMILES string of the molecule is CC(C)c1ccnc(-c2[c-]ccc3c2oc2cc4oc5ccccc5c4cc23)c1.C[Si](C)(C)c1ccc(-c2[c-]cccc2)nc1.[Ir]. The third kappa shape index (κ3) is 6.08. The number of nitrogens with zero attached hydrogens (tertiary/aromatic N) is 2. The van der Waals surface area contributed by atoms with Gasteiger partial charge in [0.25, 0.3) is 0 Å². The van der Waals surface area contributed by atoms with Gasteiger partial charge in [-0.15, -0.1) is 54.1 Å². The summed E-state index contributed by atoms with van der Waals surface area (Å²) in [7, 11) is -1.23. The maximum Gasteiger partial charge on any atom is 0.139 e. The van der Waals surface area contributed by atoms with Crippen LogP contribution in [0.25, 0.3) is 66.4 Å². The van der Waals surface area contributed by atoms with Gasteiger partial charge in [0.15, 0.2) is 0 Å². The molecule has 0 aliphatic carbocycles. The minimum Gasteiger partial charge on any atom is -0.500 e. The molecule has 8 rings (SSSR count). The summed E-state index contributed by atoms with van der Waals surface area (Å²) in [5.74, 6) is 0.437. The van der Waals surface area contributed by atoms with Crippen LogP contribution in [0.3, 0.4) is 0 Å². The van der Waals surface area contributed by atoms with Gasteiger partial charge in [0.2, 0.25) is 0 Å². The third-order valence-electron chi connectivity index (χ3n) is 8.25. The van der Waals surface area contributed by atoms with E-state index in [0.717, 1.165) is 66.4 Å². The van der Waals surface area contributed by atoms with E-state index in [9.17, 15) is 0 Å². The zero-order valence-corrected chi connectivity index (χ0v) is 29.9. The molecule has 46 heavy (non-hydrogen) atoms. The van der Waals surface area contributed by atoms with Crippen LogP contribution >= 0.6 is 0 Å². The molecule has 4 heterocycles. The fourth-order valence-electron chi connectivity index (χ4n) is 5.64. The largest absolute Gasteiger partial charge is 0.500 e. The molecule has 0 saturated heterocycles. The smallest absolute Gasteiger partial charge is 0.139 e. The van der Waals surface area contributed by atoms with Crippen molar-refractivity contribution >= 4 is 57.1 Å². The van der Waals surface area contributed by atoms with Crippen molar-refractivity contribution < 1.29 is 28.9 Å². The van der Waals surface area contributed by atoms with Crippen LogP contribution in [0.1, 0.15) is 25.3 Å². The average Bonchev–Trinajstić information content (AvgIpc) is 3.61. The maximum absolute atomic E-state index is 6.31. The van der Waals surface area contributed by atoms with Gasteiger partial charge in [0, 0.05) is 54.7 Å². The summed E-state index contributed by atoms with van der Waals surface area (Å²) in [5, 5.41) is 5.76. The Labute approximate surface area is 283 Å². The van der Waals surface area contributed by atoms with Gasteiger partial charge in [-0.05, 0) is 40.7 Å². The monoisotopic (exact) mass is 795 g/mol. The van der Waals surface area contributed by atoms with Crippen LogP contribution in [0.2, 0.25) is 19.6 Å². The van der Waals surface area contributed by atoms with Crippen molar-refractivity contribution in [2.45, 2.75) is 39.4 Å². The number of pyridine rings is 2. The van der Waals surface area contributed by atoms with Crippen LogP contribution in [0.15, 0.2) is 118 Å². The summed E-state index contributed by atoms with van der Waals surface area (Å²) < 4.78 is 12.3. The van der Waals surface area contributed by atoms with E-state index in [1.54, 1.807) is 0 Å². The van der Waals surface area contributed by atoms with Crippen molar-refractivity contribution in [1.82, 2.24) is 9.97 Å². The number of para-hydroxylation sites is 1. The molecule has 4 nitrogen and oxygen atoms in total. The van der Waals surface area contributed by atoms with E-state index in [1.165, 1.54) is 10.8 Å². The summed E-state index contributed by atoms with van der Waals surface area (Å²) >= 11 is 0. The van der Waals surface area contributed by atoms with E-state index < -0.39 is 8.07 Å². The molecular weight excluding hydrogens is 761 g/mol. The Hall–Kier alpha value is -4.35. The van der Waals surface area contributed by atoms with E-state index >= 15 is 0 Å². The van der Waals surface area contributed by atoms with Crippen LogP contribution in [0.4, 0.5) is 0 Å². The molecule has 0 spiro atoms. The van der Waals surface area contributed by atoms with Crippen molar-refractivity contribution in [2.24, 2.45) is 0 Å². The second-order valence-electron chi connectivity index (χ2n) is 12.7. The fourth-order valence-corrected chi connectivity index (χ4v) is 6.68. The molecule has 231 valence electrons. The predicted octanol–water partition coefficient (Wildman–Crippen LogP) is 10.6. The van der Waals surface area contributed by atoms with Crippen molar-refractivity contribution in [3.8, 4) is 22.5 Å². The van der Waals surface area contributed by atoms with Gasteiger partial charge in [-0.1, -0.05) is 86.4 Å². The van der Waals surface area contributed by atoms with Gasteiger partial charge >= 0.3 is 0 Å². The second kappa shape index (κ2) is 12.8. The molecule has 0 N–H and O–H groups in total. The van der Waals surface area contributed by atoms with Gasteiger partial charge in [0.05, 0.1) is 13.7 Å². The minimum absolute atomic E-state index is 0. The Balaban J connectivity index is 0.000000187. The molecule has 8 aromatic rings. The molecular formula is C40H34IrN2O2Si-2. The fraction of sp³-hybridized carbons (Fsp3) is 0.150. The Morgan fingerprint density at radius 3 is 2.17 bits per heavy atom. The normalized spacial score (nSPS) is 11.6. The quantitative estimate of drug-likeness (QED) is 0.132. The van der Waals surface area contributed by atoms with Crippen LogP contribution < -0.4 is 5.19 Å². The maximum atomic E-state index is 6.31. The second-order valence-corrected chi connectivity index (χ2v) is 17.8. The molecule has 4 aromatic heterocycles. The van der Waals surface area contributed by atoms with E-state index in [-0.39, 0.29) is 20.1 Å². The van der Waals surface area contributed by atoms with Crippen molar-refractivity contribution in [3.05, 3.63) is 127 Å². The summed E-state index contributed by atoms with van der Waals surface area (Å²) in [5.41, 5.74) is 8.44. The van der Waals surface area contributed by atoms with E-state index in [1.807, 2.05) is 67.0 Å². The number of rotatable bonds is 4. The minimum atomic E-state index is -1.23. The molecule has 0 aliphatic heterocycles. The van der Waals surface area contributed by atoms with Gasteiger partial charge in [0.1, 0.15) is 16.7 Å². The number of fused-ring (bicyclic) bond motifs is 6. The van der Waals surface area contributed by atoms with Gasteiger partial charge in [-0.2, -0.15) is 0 Å². The number of benzene rings is 4. The van der Waals surface area contributed by atoms with Gasteiger partial charge in [-0.25, -0.2) is 0 Å². The Bertz CT molecular complexity index is 2280. The zero-order valence-electron chi connectivity index (χ0n) is 26.5. The third-order valence-corrected chi connectivity index (χ3v) is 10.3. The van der Waals surface area contributed by atoms with Crippen LogP contribution in [-0.4, -0.2) is 18.0 Å². The van der Waals surface area contributed by atoms with E-state index in [2.05, 4.69) is 98.1 Å². The molecule has 0 aliphatic rings. The molecule has 0 amide bonds. The Kier molecular flexibility index (Phi) is 8.80. The molecule has 0 unspecified atom stereocenters. The molecule has 6 heteroatoms. The Morgan fingerprint density at radius 1 is 0.652 bits per heavy atom. The standard InChI is InChI=1S/C26H18NO2.C14H16NSi.Ir/c1-15(2)16-10-11-27-22(12-16)19-8-5-7-18-21-13-20-17-6-3-4-9-23(17)28-24(20)14-25(21)29-26(18)19;1-16(2,3)13-9-10-14(15-11-13)12-7-5-4-6-8-12;/h3-7,9-15H,1-2H3;4-7,9-11H,1-3H3;/q2*-1;. The topological polar surface area (TPSA) is 52.1 Å². The molecule has 0 fully saturated rings. The average molecular weight is 795 g/mol. The van der Waals surface area contributed by atoms with Crippen LogP contribution in [0.5, 0.6) is 0 Å². The van der Waals surface area contributed by atoms with E-state index in [0.29, 0.717) is 5.92 Å². The van der Waals surface area contributed by atoms with Gasteiger partial charge < -0.3 is 18.8 Å². The number of hydrogen-bond donors (Lipinski definition) is 0. The number of furan rings is 2. The number of aromatic nitrogens is 2. The molecule has 0 bridgehead atoms. The summed E-state index contributed by atoms with van der Waals surface area (Å²) in [6.45, 7) is 11.4. The van der Waals surface area contributed by atoms with Gasteiger partial charge in [-0.3, -0.25) is 0 Å². The summed E-state index contributed by atoms with van der Waals surface area (Å²) in [6.07, 6.45) is 3.88. The summed E-state index contributed by atoms with van der Waals surface area (Å²) in [4.78, 5) is 9.11. The first-order valence-corrected chi connectivity index (χ1v) is 18.8. The van der Waals surface area contributed by atoms with Crippen molar-refractivity contribution in [2.75, 3.05) is 0 Å².